The van der Waals surface area contributed by atoms with Crippen LogP contribution in [0.5, 0.6) is 0 Å². The van der Waals surface area contributed by atoms with Crippen LogP contribution in [0, 0.1) is 22.7 Å². The average Bonchev–Trinajstić information content (AvgIpc) is 3.32. The van der Waals surface area contributed by atoms with Crippen molar-refractivity contribution in [1.82, 2.24) is 9.13 Å². The van der Waals surface area contributed by atoms with Gasteiger partial charge < -0.3 is 27.2 Å². The topological polar surface area (TPSA) is 164 Å². The van der Waals surface area contributed by atoms with Crippen molar-refractivity contribution in [2.75, 3.05) is 6.61 Å². The van der Waals surface area contributed by atoms with Gasteiger partial charge in [0, 0.05) is 27.9 Å². The zero-order valence-electron chi connectivity index (χ0n) is 29.9. The second-order valence-corrected chi connectivity index (χ2v) is 21.4. The number of ether oxygens (including phenoxy) is 1. The van der Waals surface area contributed by atoms with Gasteiger partial charge in [-0.25, -0.2) is 4.79 Å². The molecule has 2 aliphatic heterocycles. The van der Waals surface area contributed by atoms with Crippen molar-refractivity contribution in [3.63, 3.8) is 0 Å². The molecule has 0 radical (unpaired) electrons. The van der Waals surface area contributed by atoms with Gasteiger partial charge in [-0.3, -0.25) is 14.2 Å². The molecule has 49 heavy (non-hydrogen) atoms. The van der Waals surface area contributed by atoms with E-state index in [9.17, 15) is 24.9 Å². The van der Waals surface area contributed by atoms with Gasteiger partial charge in [-0.1, -0.05) is 59.7 Å². The number of aromatic nitrogens is 2. The van der Waals surface area contributed by atoms with E-state index in [1.807, 2.05) is 0 Å². The molecule has 15 heteroatoms. The van der Waals surface area contributed by atoms with Crippen molar-refractivity contribution < 1.29 is 32.0 Å². The van der Waals surface area contributed by atoms with Crippen molar-refractivity contribution in [1.29, 1.82) is 10.5 Å². The molecule has 2 saturated heterocycles. The first-order valence-corrected chi connectivity index (χ1v) is 19.1. The molecule has 2 aliphatic rings. The Morgan fingerprint density at radius 2 is 1.47 bits per heavy atom. The van der Waals surface area contributed by atoms with Crippen molar-refractivity contribution in [2.24, 2.45) is 0 Å². The maximum atomic E-state index is 14.1. The van der Waals surface area contributed by atoms with Crippen molar-refractivity contribution in [3.8, 4) is 12.1 Å². The Labute approximate surface area is 289 Å². The van der Waals surface area contributed by atoms with Crippen LogP contribution in [0.4, 0.5) is 0 Å². The molecule has 0 unspecified atom stereocenters. The van der Waals surface area contributed by atoms with Crippen LogP contribution in [0.2, 0.25) is 10.1 Å². The molecule has 3 heterocycles. The van der Waals surface area contributed by atoms with Gasteiger partial charge in [0.05, 0.1) is 42.8 Å². The van der Waals surface area contributed by atoms with Crippen LogP contribution in [0.1, 0.15) is 98.7 Å². The quantitative estimate of drug-likeness (QED) is 0.207. The Kier molecular flexibility index (Phi) is 11.3. The van der Waals surface area contributed by atoms with Gasteiger partial charge in [-0.05, 0) is 39.8 Å². The molecule has 0 spiro atoms. The zero-order chi connectivity index (χ0) is 36.6. The summed E-state index contributed by atoms with van der Waals surface area (Å²) in [5.41, 5.74) is -3.62. The number of hydrogen-bond acceptors (Lipinski definition) is 11. The molecule has 0 bridgehead atoms. The second-order valence-electron chi connectivity index (χ2n) is 15.6. The number of hydrogen-bond donors (Lipinski definition) is 0. The summed E-state index contributed by atoms with van der Waals surface area (Å²) >= 11 is 0. The third-order valence-electron chi connectivity index (χ3n) is 8.38. The lowest BCUT2D eigenvalue weighted by atomic mass is 10.1. The van der Waals surface area contributed by atoms with Gasteiger partial charge in [-0.2, -0.15) is 15.1 Å². The molecule has 13 nitrogen and oxygen atoms in total. The second kappa shape index (κ2) is 14.3. The number of carbonyl (C=O) groups is 1. The minimum atomic E-state index is -3.13. The van der Waals surface area contributed by atoms with Crippen LogP contribution < -0.4 is 11.2 Å². The summed E-state index contributed by atoms with van der Waals surface area (Å²) < 4.78 is 41.2. The van der Waals surface area contributed by atoms with E-state index in [-0.39, 0.29) is 25.0 Å². The van der Waals surface area contributed by atoms with Crippen LogP contribution in [-0.4, -0.2) is 59.7 Å². The van der Waals surface area contributed by atoms with Crippen LogP contribution in [-0.2, 0) is 27.2 Å². The molecule has 0 amide bonds. The number of nitriles is 2. The van der Waals surface area contributed by atoms with E-state index in [4.69, 9.17) is 27.2 Å². The molecule has 2 aromatic rings. The lowest BCUT2D eigenvalue weighted by molar-refractivity contribution is -0.0810. The van der Waals surface area contributed by atoms with Gasteiger partial charge >= 0.3 is 22.9 Å². The molecule has 0 saturated carbocycles. The van der Waals surface area contributed by atoms with E-state index >= 15 is 0 Å². The third-order valence-corrected chi connectivity index (χ3v) is 15.2. The summed E-state index contributed by atoms with van der Waals surface area (Å²) in [6.07, 6.45) is -2.53. The Bertz CT molecular complexity index is 1670. The first-order valence-electron chi connectivity index (χ1n) is 16.2. The van der Waals surface area contributed by atoms with E-state index in [1.54, 1.807) is 45.9 Å². The highest BCUT2D eigenvalue weighted by Crippen LogP contribution is 2.58. The Hall–Kier alpha value is -3.04. The molecule has 1 aromatic heterocycles. The molecular formula is C34H47N4O9PSi. The van der Waals surface area contributed by atoms with Gasteiger partial charge in [0.2, 0.25) is 0 Å². The molecule has 4 rings (SSSR count). The van der Waals surface area contributed by atoms with E-state index in [0.717, 1.165) is 10.6 Å². The molecule has 266 valence electrons. The van der Waals surface area contributed by atoms with Crippen LogP contribution in [0.15, 0.2) is 52.2 Å². The maximum absolute atomic E-state index is 14.1. The molecule has 4 atom stereocenters. The highest BCUT2D eigenvalue weighted by molar-refractivity contribution is 7.41. The first-order chi connectivity index (χ1) is 22.7. The summed E-state index contributed by atoms with van der Waals surface area (Å²) in [5, 5.41) is 18.2. The highest BCUT2D eigenvalue weighted by Gasteiger charge is 2.66. The van der Waals surface area contributed by atoms with Crippen LogP contribution in [0.25, 0.3) is 0 Å². The molecule has 1 aromatic carbocycles. The minimum Gasteiger partial charge on any atom is -0.391 e. The van der Waals surface area contributed by atoms with Crippen molar-refractivity contribution >= 4 is 23.1 Å². The molecular weight excluding hydrogens is 667 g/mol. The fourth-order valence-electron chi connectivity index (χ4n) is 6.25. The summed E-state index contributed by atoms with van der Waals surface area (Å²) in [5.74, 6) is -0.797. The SMILES string of the molecule is CC(C)(CC#N)OP(O[C@@H]1[C@@H]2O[Si](C(C)(C)C)(C(C)(C)C)OC[C@H]2O[C@H]1n1ccc(=O)n(C(=O)c2ccccc2)c1=O)OC(C)(C)CC#N. The minimum absolute atomic E-state index is 0.00825. The molecule has 0 N–H and O–H groups in total. The summed E-state index contributed by atoms with van der Waals surface area (Å²) in [6.45, 7) is 19.4. The third kappa shape index (κ3) is 8.14. The smallest absolute Gasteiger partial charge is 0.349 e. The Balaban J connectivity index is 1.87. The number of rotatable bonds is 10. The van der Waals surface area contributed by atoms with Crippen molar-refractivity contribution in [2.45, 2.75) is 128 Å². The zero-order valence-corrected chi connectivity index (χ0v) is 31.8. The first kappa shape index (κ1) is 38.8. The van der Waals surface area contributed by atoms with E-state index in [2.05, 4.69) is 53.7 Å². The number of carbonyl (C=O) groups excluding carboxylic acids is 1. The summed E-state index contributed by atoms with van der Waals surface area (Å²) in [4.78, 5) is 40.5. The van der Waals surface area contributed by atoms with Gasteiger partial charge in [0.1, 0.15) is 18.3 Å². The standard InChI is InChI=1S/C34H47N4O9PSi/c1-31(2,3)49(32(4,5)6)42-22-24-26(45-49)27(44-48(46-33(7,8)17-19-35)47-34(9,10)18-20-36)29(43-24)37-21-16-25(39)38(30(37)41)28(40)23-14-12-11-13-15-23/h11-16,21,24,26-27,29H,17-18,22H2,1-10H3/t24-,26-,27-,29-/m1/s1. The average molecular weight is 715 g/mol. The highest BCUT2D eigenvalue weighted by atomic mass is 31.2. The van der Waals surface area contributed by atoms with E-state index < -0.39 is 80.1 Å². The summed E-state index contributed by atoms with van der Waals surface area (Å²) in [7, 11) is -5.44. The normalized spacial score (nSPS) is 22.7. The molecule has 0 aliphatic carbocycles. The predicted molar refractivity (Wildman–Crippen MR) is 184 cm³/mol. The molecule has 2 fully saturated rings. The fraction of sp³-hybridized carbons (Fsp3) is 0.618. The van der Waals surface area contributed by atoms with Gasteiger partial charge in [0.25, 0.3) is 11.5 Å². The Morgan fingerprint density at radius 3 is 1.98 bits per heavy atom. The van der Waals surface area contributed by atoms with Crippen molar-refractivity contribution in [3.05, 3.63) is 69.0 Å². The van der Waals surface area contributed by atoms with E-state index in [1.165, 1.54) is 18.3 Å². The number of fused-ring (bicyclic) bond motifs is 1. The lowest BCUT2D eigenvalue weighted by Crippen LogP contribution is -2.65. The summed E-state index contributed by atoms with van der Waals surface area (Å²) in [6, 6.07) is 13.4. The number of benzene rings is 1. The lowest BCUT2D eigenvalue weighted by Gasteiger charge is -2.53. The Morgan fingerprint density at radius 1 is 0.918 bits per heavy atom. The largest absolute Gasteiger partial charge is 0.391 e. The van der Waals surface area contributed by atoms with Crippen LogP contribution >= 0.6 is 8.60 Å². The fourth-order valence-corrected chi connectivity index (χ4v) is 12.7. The number of nitrogens with zero attached hydrogens (tertiary/aromatic N) is 4. The van der Waals surface area contributed by atoms with E-state index in [0.29, 0.717) is 4.57 Å². The van der Waals surface area contributed by atoms with Gasteiger partial charge in [0.15, 0.2) is 6.23 Å². The monoisotopic (exact) mass is 714 g/mol. The van der Waals surface area contributed by atoms with Crippen LogP contribution in [0.3, 0.4) is 0 Å². The van der Waals surface area contributed by atoms with Gasteiger partial charge in [-0.15, -0.1) is 0 Å². The predicted octanol–water partition coefficient (Wildman–Crippen LogP) is 6.08. The maximum Gasteiger partial charge on any atom is 0.349 e.